The third kappa shape index (κ3) is 4.39. The van der Waals surface area contributed by atoms with Gasteiger partial charge in [-0.05, 0) is 48.8 Å². The zero-order chi connectivity index (χ0) is 19.3. The lowest BCUT2D eigenvalue weighted by Crippen LogP contribution is -2.39. The van der Waals surface area contributed by atoms with Crippen LogP contribution in [-0.4, -0.2) is 34.0 Å². The van der Waals surface area contributed by atoms with Crippen molar-refractivity contribution in [3.05, 3.63) is 64.2 Å². The number of thiophene rings is 1. The van der Waals surface area contributed by atoms with Crippen LogP contribution in [0.1, 0.15) is 29.2 Å². The van der Waals surface area contributed by atoms with Gasteiger partial charge in [0.2, 0.25) is 17.6 Å². The zero-order valence-corrected chi connectivity index (χ0v) is 16.7. The highest BCUT2D eigenvalue weighted by atomic mass is 32.1. The Kier molecular flexibility index (Phi) is 5.67. The van der Waals surface area contributed by atoms with E-state index in [0.717, 1.165) is 41.9 Å². The molecule has 1 aliphatic rings. The van der Waals surface area contributed by atoms with Gasteiger partial charge < -0.3 is 9.42 Å². The number of piperidine rings is 1. The van der Waals surface area contributed by atoms with E-state index in [0.29, 0.717) is 24.1 Å². The van der Waals surface area contributed by atoms with E-state index >= 15 is 0 Å². The van der Waals surface area contributed by atoms with Crippen LogP contribution in [0.25, 0.3) is 17.5 Å². The Hall–Kier alpha value is -2.73. The number of nitrogens with zero attached hydrogens (tertiary/aromatic N) is 3. The van der Waals surface area contributed by atoms with Crippen LogP contribution in [0.4, 0.5) is 0 Å². The van der Waals surface area contributed by atoms with E-state index in [1.165, 1.54) is 0 Å². The van der Waals surface area contributed by atoms with Crippen molar-refractivity contribution in [2.24, 2.45) is 5.92 Å². The largest absolute Gasteiger partial charge is 0.339 e. The first-order chi connectivity index (χ1) is 13.7. The summed E-state index contributed by atoms with van der Waals surface area (Å²) in [6, 6.07) is 12.0. The van der Waals surface area contributed by atoms with Crippen LogP contribution < -0.4 is 0 Å². The molecule has 0 N–H and O–H groups in total. The summed E-state index contributed by atoms with van der Waals surface area (Å²) in [5, 5.41) is 6.16. The quantitative estimate of drug-likeness (QED) is 0.595. The summed E-state index contributed by atoms with van der Waals surface area (Å²) in [5.41, 5.74) is 2.12. The number of carbonyl (C=O) groups is 1. The summed E-state index contributed by atoms with van der Waals surface area (Å²) in [5.74, 6) is 1.70. The van der Waals surface area contributed by atoms with Gasteiger partial charge in [-0.2, -0.15) is 4.98 Å². The molecule has 1 amide bonds. The van der Waals surface area contributed by atoms with E-state index < -0.39 is 0 Å². The van der Waals surface area contributed by atoms with Crippen LogP contribution in [-0.2, 0) is 11.2 Å². The Morgan fingerprint density at radius 3 is 3.04 bits per heavy atom. The topological polar surface area (TPSA) is 59.2 Å². The molecule has 5 nitrogen and oxygen atoms in total. The number of carbonyl (C=O) groups excluding carboxylic acids is 1. The first-order valence-corrected chi connectivity index (χ1v) is 10.5. The van der Waals surface area contributed by atoms with Gasteiger partial charge in [0.1, 0.15) is 0 Å². The van der Waals surface area contributed by atoms with Crippen LogP contribution in [0, 0.1) is 12.8 Å². The Balaban J connectivity index is 1.38. The molecule has 1 atom stereocenters. The van der Waals surface area contributed by atoms with Crippen molar-refractivity contribution in [2.45, 2.75) is 26.2 Å². The number of likely N-dealkylation sites (tertiary alicyclic amines) is 1. The van der Waals surface area contributed by atoms with Gasteiger partial charge in [0.15, 0.2) is 0 Å². The number of rotatable bonds is 5. The molecule has 4 rings (SSSR count). The first kappa shape index (κ1) is 18.6. The molecular formula is C22H23N3O2S. The van der Waals surface area contributed by atoms with Crippen molar-refractivity contribution in [1.29, 1.82) is 0 Å². The highest BCUT2D eigenvalue weighted by Crippen LogP contribution is 2.24. The van der Waals surface area contributed by atoms with Gasteiger partial charge in [0.05, 0.1) is 0 Å². The molecule has 6 heteroatoms. The molecule has 2 aromatic heterocycles. The molecule has 0 bridgehead atoms. The standard InChI is InChI=1S/C22H23N3O2S/c1-16-6-2-3-9-19(16)22-23-20(27-24-22)14-17-7-4-12-25(15-17)21(26)11-10-18-8-5-13-28-18/h2-3,5-6,8-11,13,17H,4,7,12,14-15H2,1H3/b11-10-/t17-/m1/s1. The monoisotopic (exact) mass is 393 g/mol. The average Bonchev–Trinajstić information content (AvgIpc) is 3.39. The minimum absolute atomic E-state index is 0.0734. The maximum atomic E-state index is 12.5. The lowest BCUT2D eigenvalue weighted by atomic mass is 9.94. The highest BCUT2D eigenvalue weighted by molar-refractivity contribution is 7.10. The van der Waals surface area contributed by atoms with Crippen LogP contribution in [0.3, 0.4) is 0 Å². The molecule has 0 spiro atoms. The van der Waals surface area contributed by atoms with Crippen molar-refractivity contribution < 1.29 is 9.32 Å². The molecule has 1 fully saturated rings. The van der Waals surface area contributed by atoms with Gasteiger partial charge in [0.25, 0.3) is 0 Å². The third-order valence-corrected chi connectivity index (χ3v) is 5.92. The second kappa shape index (κ2) is 8.52. The molecule has 0 saturated carbocycles. The van der Waals surface area contributed by atoms with Crippen LogP contribution in [0.15, 0.2) is 52.4 Å². The Labute approximate surface area is 168 Å². The fraction of sp³-hybridized carbons (Fsp3) is 0.318. The highest BCUT2D eigenvalue weighted by Gasteiger charge is 2.24. The van der Waals surface area contributed by atoms with E-state index in [9.17, 15) is 4.79 Å². The smallest absolute Gasteiger partial charge is 0.246 e. The Bertz CT molecular complexity index is 962. The lowest BCUT2D eigenvalue weighted by Gasteiger charge is -2.31. The Morgan fingerprint density at radius 2 is 2.21 bits per heavy atom. The summed E-state index contributed by atoms with van der Waals surface area (Å²) in [7, 11) is 0. The van der Waals surface area contributed by atoms with Crippen molar-refractivity contribution in [1.82, 2.24) is 15.0 Å². The number of hydrogen-bond acceptors (Lipinski definition) is 5. The summed E-state index contributed by atoms with van der Waals surface area (Å²) in [6.45, 7) is 3.58. The second-order valence-electron chi connectivity index (χ2n) is 7.17. The minimum atomic E-state index is 0.0734. The van der Waals surface area contributed by atoms with Crippen LogP contribution in [0.2, 0.25) is 0 Å². The third-order valence-electron chi connectivity index (χ3n) is 5.08. The molecule has 0 unspecified atom stereocenters. The predicted molar refractivity (Wildman–Crippen MR) is 111 cm³/mol. The van der Waals surface area contributed by atoms with E-state index in [1.54, 1.807) is 17.4 Å². The average molecular weight is 394 g/mol. The van der Waals surface area contributed by atoms with Gasteiger partial charge in [-0.3, -0.25) is 4.79 Å². The Morgan fingerprint density at radius 1 is 1.32 bits per heavy atom. The van der Waals surface area contributed by atoms with Gasteiger partial charge in [0, 0.05) is 36.0 Å². The maximum absolute atomic E-state index is 12.5. The molecule has 0 aliphatic carbocycles. The first-order valence-electron chi connectivity index (χ1n) is 9.58. The molecule has 28 heavy (non-hydrogen) atoms. The van der Waals surface area contributed by atoms with E-state index in [2.05, 4.69) is 10.1 Å². The molecular weight excluding hydrogens is 370 g/mol. The van der Waals surface area contributed by atoms with Gasteiger partial charge in [-0.15, -0.1) is 11.3 Å². The van der Waals surface area contributed by atoms with E-state index in [4.69, 9.17) is 4.52 Å². The van der Waals surface area contributed by atoms with E-state index in [-0.39, 0.29) is 5.91 Å². The predicted octanol–water partition coefficient (Wildman–Crippen LogP) is 4.60. The van der Waals surface area contributed by atoms with E-state index in [1.807, 2.05) is 59.7 Å². The number of aromatic nitrogens is 2. The number of hydrogen-bond donors (Lipinski definition) is 0. The molecule has 144 valence electrons. The SMILES string of the molecule is Cc1ccccc1-c1noc(C[C@H]2CCCN(C(=O)/C=C\c3cccs3)C2)n1. The molecule has 1 aliphatic heterocycles. The molecule has 0 radical (unpaired) electrons. The summed E-state index contributed by atoms with van der Waals surface area (Å²) in [6.07, 6.45) is 6.35. The van der Waals surface area contributed by atoms with Gasteiger partial charge in [-0.25, -0.2) is 0 Å². The molecule has 1 aromatic carbocycles. The van der Waals surface area contributed by atoms with Gasteiger partial charge >= 0.3 is 0 Å². The zero-order valence-electron chi connectivity index (χ0n) is 15.9. The second-order valence-corrected chi connectivity index (χ2v) is 8.15. The van der Waals surface area contributed by atoms with Crippen molar-refractivity contribution in [3.8, 4) is 11.4 Å². The van der Waals surface area contributed by atoms with Crippen LogP contribution in [0.5, 0.6) is 0 Å². The summed E-state index contributed by atoms with van der Waals surface area (Å²) >= 11 is 1.63. The van der Waals surface area contributed by atoms with Crippen molar-refractivity contribution in [2.75, 3.05) is 13.1 Å². The molecule has 1 saturated heterocycles. The molecule has 3 heterocycles. The fourth-order valence-corrected chi connectivity index (χ4v) is 4.21. The summed E-state index contributed by atoms with van der Waals surface area (Å²) < 4.78 is 5.49. The maximum Gasteiger partial charge on any atom is 0.246 e. The summed E-state index contributed by atoms with van der Waals surface area (Å²) in [4.78, 5) is 20.1. The fourth-order valence-electron chi connectivity index (χ4n) is 3.59. The number of amides is 1. The molecule has 3 aromatic rings. The van der Waals surface area contributed by atoms with Gasteiger partial charge in [-0.1, -0.05) is 35.5 Å². The normalized spacial score (nSPS) is 17.3. The number of aryl methyl sites for hydroxylation is 1. The van der Waals surface area contributed by atoms with Crippen LogP contribution >= 0.6 is 11.3 Å². The van der Waals surface area contributed by atoms with Crippen molar-refractivity contribution in [3.63, 3.8) is 0 Å². The lowest BCUT2D eigenvalue weighted by molar-refractivity contribution is -0.127. The number of benzene rings is 1. The van der Waals surface area contributed by atoms with Crippen molar-refractivity contribution >= 4 is 23.3 Å². The minimum Gasteiger partial charge on any atom is -0.339 e.